The second-order valence-corrected chi connectivity index (χ2v) is 5.53. The van der Waals surface area contributed by atoms with E-state index in [1.54, 1.807) is 14.2 Å². The van der Waals surface area contributed by atoms with Gasteiger partial charge in [-0.1, -0.05) is 31.2 Å². The van der Waals surface area contributed by atoms with Crippen molar-refractivity contribution in [2.75, 3.05) is 26.1 Å². The van der Waals surface area contributed by atoms with Crippen LogP contribution in [0.5, 0.6) is 11.5 Å². The van der Waals surface area contributed by atoms with Gasteiger partial charge in [0.05, 0.1) is 14.2 Å². The van der Waals surface area contributed by atoms with Gasteiger partial charge in [-0.05, 0) is 23.6 Å². The van der Waals surface area contributed by atoms with E-state index in [-0.39, 0.29) is 0 Å². The summed E-state index contributed by atoms with van der Waals surface area (Å²) in [6.07, 6.45) is 0. The number of hydrogen-bond acceptors (Lipinski definition) is 3. The molecule has 0 saturated carbocycles. The molecule has 21 heavy (non-hydrogen) atoms. The molecular weight excluding hydrogens is 262 g/mol. The minimum atomic E-state index is 0.336. The predicted molar refractivity (Wildman–Crippen MR) is 85.5 cm³/mol. The molecular formula is C18H21NO2. The number of benzene rings is 2. The molecule has 2 aromatic carbocycles. The zero-order valence-corrected chi connectivity index (χ0v) is 12.7. The van der Waals surface area contributed by atoms with Crippen LogP contribution in [0.3, 0.4) is 0 Å². The first kappa shape index (κ1) is 13.8. The lowest BCUT2D eigenvalue weighted by molar-refractivity contribution is 0.384. The molecule has 2 aromatic rings. The van der Waals surface area contributed by atoms with Crippen LogP contribution in [0.2, 0.25) is 0 Å². The van der Waals surface area contributed by atoms with Crippen molar-refractivity contribution in [3.05, 3.63) is 53.6 Å². The van der Waals surface area contributed by atoms with Crippen molar-refractivity contribution in [3.63, 3.8) is 0 Å². The molecule has 0 saturated heterocycles. The molecule has 110 valence electrons. The number of hydrogen-bond donors (Lipinski definition) is 1. The topological polar surface area (TPSA) is 30.5 Å². The fraction of sp³-hybridized carbons (Fsp3) is 0.333. The van der Waals surface area contributed by atoms with E-state index >= 15 is 0 Å². The van der Waals surface area contributed by atoms with Crippen LogP contribution in [-0.2, 0) is 0 Å². The molecule has 0 amide bonds. The number of nitrogens with one attached hydrogen (secondary N) is 1. The Morgan fingerprint density at radius 1 is 1.00 bits per heavy atom. The second kappa shape index (κ2) is 5.68. The molecule has 1 aliphatic heterocycles. The van der Waals surface area contributed by atoms with Gasteiger partial charge in [0, 0.05) is 29.8 Å². The first-order valence-electron chi connectivity index (χ1n) is 7.29. The number of methoxy groups -OCH3 is 2. The Balaban J connectivity index is 2.11. The molecule has 2 unspecified atom stereocenters. The smallest absolute Gasteiger partial charge is 0.126 e. The molecule has 1 heterocycles. The van der Waals surface area contributed by atoms with Crippen LogP contribution in [0.4, 0.5) is 5.69 Å². The Kier molecular flexibility index (Phi) is 3.74. The highest BCUT2D eigenvalue weighted by molar-refractivity contribution is 5.60. The van der Waals surface area contributed by atoms with Crippen LogP contribution in [0.1, 0.15) is 24.0 Å². The fourth-order valence-electron chi connectivity index (χ4n) is 3.17. The van der Waals surface area contributed by atoms with Gasteiger partial charge in [-0.25, -0.2) is 0 Å². The maximum atomic E-state index is 5.60. The van der Waals surface area contributed by atoms with Gasteiger partial charge in [0.25, 0.3) is 0 Å². The maximum absolute atomic E-state index is 5.60. The van der Waals surface area contributed by atoms with Crippen LogP contribution < -0.4 is 14.8 Å². The summed E-state index contributed by atoms with van der Waals surface area (Å²) in [5, 5.41) is 3.51. The van der Waals surface area contributed by atoms with Crippen molar-refractivity contribution in [2.24, 2.45) is 5.92 Å². The summed E-state index contributed by atoms with van der Waals surface area (Å²) in [5.41, 5.74) is 3.78. The Hall–Kier alpha value is -2.16. The van der Waals surface area contributed by atoms with Crippen molar-refractivity contribution >= 4 is 5.69 Å². The molecule has 0 bridgehead atoms. The van der Waals surface area contributed by atoms with Gasteiger partial charge in [-0.3, -0.25) is 0 Å². The van der Waals surface area contributed by atoms with Crippen LogP contribution in [0.15, 0.2) is 42.5 Å². The average molecular weight is 283 g/mol. The molecule has 3 nitrogen and oxygen atoms in total. The summed E-state index contributed by atoms with van der Waals surface area (Å²) in [6, 6.07) is 14.6. The van der Waals surface area contributed by atoms with E-state index in [1.807, 2.05) is 12.1 Å². The highest BCUT2D eigenvalue weighted by atomic mass is 16.5. The zero-order valence-electron chi connectivity index (χ0n) is 12.7. The standard InChI is InChI=1S/C18H21NO2/c1-12-11-19-16-7-5-4-6-14(16)18(12)15-9-8-13(20-2)10-17(15)21-3/h4-10,12,18-19H,11H2,1-3H3. The molecule has 0 fully saturated rings. The Bertz CT molecular complexity index is 639. The number of fused-ring (bicyclic) bond motifs is 1. The molecule has 1 N–H and O–H groups in total. The van der Waals surface area contributed by atoms with E-state index in [2.05, 4.69) is 42.6 Å². The highest BCUT2D eigenvalue weighted by Crippen LogP contribution is 2.43. The van der Waals surface area contributed by atoms with Crippen LogP contribution in [-0.4, -0.2) is 20.8 Å². The van der Waals surface area contributed by atoms with Crippen LogP contribution in [0, 0.1) is 5.92 Å². The third-order valence-corrected chi connectivity index (χ3v) is 4.26. The van der Waals surface area contributed by atoms with Gasteiger partial charge < -0.3 is 14.8 Å². The summed E-state index contributed by atoms with van der Waals surface area (Å²) in [4.78, 5) is 0. The van der Waals surface area contributed by atoms with E-state index in [0.717, 1.165) is 18.0 Å². The SMILES string of the molecule is COc1ccc(C2c3ccccc3NCC2C)c(OC)c1. The molecule has 3 heteroatoms. The molecule has 0 radical (unpaired) electrons. The minimum absolute atomic E-state index is 0.336. The van der Waals surface area contributed by atoms with Crippen molar-refractivity contribution in [1.29, 1.82) is 0 Å². The lowest BCUT2D eigenvalue weighted by Gasteiger charge is -2.33. The van der Waals surface area contributed by atoms with Gasteiger partial charge in [0.15, 0.2) is 0 Å². The Morgan fingerprint density at radius 3 is 2.57 bits per heavy atom. The third-order valence-electron chi connectivity index (χ3n) is 4.26. The van der Waals surface area contributed by atoms with E-state index in [0.29, 0.717) is 11.8 Å². The summed E-state index contributed by atoms with van der Waals surface area (Å²) >= 11 is 0. The van der Waals surface area contributed by atoms with E-state index in [1.165, 1.54) is 16.8 Å². The fourth-order valence-corrected chi connectivity index (χ4v) is 3.17. The van der Waals surface area contributed by atoms with Crippen LogP contribution in [0.25, 0.3) is 0 Å². The molecule has 0 aliphatic carbocycles. The van der Waals surface area contributed by atoms with Crippen molar-refractivity contribution in [1.82, 2.24) is 0 Å². The summed E-state index contributed by atoms with van der Waals surface area (Å²) in [5.74, 6) is 2.55. The Labute approximate surface area is 125 Å². The normalized spacial score (nSPS) is 20.3. The third kappa shape index (κ3) is 2.44. The van der Waals surface area contributed by atoms with Gasteiger partial charge >= 0.3 is 0 Å². The number of rotatable bonds is 3. The molecule has 2 atom stereocenters. The van der Waals surface area contributed by atoms with Crippen LogP contribution >= 0.6 is 0 Å². The molecule has 0 spiro atoms. The Morgan fingerprint density at radius 2 is 1.81 bits per heavy atom. The largest absolute Gasteiger partial charge is 0.497 e. The van der Waals surface area contributed by atoms with E-state index in [9.17, 15) is 0 Å². The number of para-hydroxylation sites is 1. The van der Waals surface area contributed by atoms with Gasteiger partial charge in [-0.15, -0.1) is 0 Å². The van der Waals surface area contributed by atoms with E-state index < -0.39 is 0 Å². The lowest BCUT2D eigenvalue weighted by atomic mass is 9.78. The van der Waals surface area contributed by atoms with Crippen molar-refractivity contribution < 1.29 is 9.47 Å². The van der Waals surface area contributed by atoms with E-state index in [4.69, 9.17) is 9.47 Å². The maximum Gasteiger partial charge on any atom is 0.126 e. The first-order chi connectivity index (χ1) is 10.2. The first-order valence-corrected chi connectivity index (χ1v) is 7.29. The van der Waals surface area contributed by atoms with Crippen molar-refractivity contribution in [3.8, 4) is 11.5 Å². The molecule has 0 aromatic heterocycles. The highest BCUT2D eigenvalue weighted by Gasteiger charge is 2.29. The number of ether oxygens (including phenoxy) is 2. The van der Waals surface area contributed by atoms with Crippen molar-refractivity contribution in [2.45, 2.75) is 12.8 Å². The summed E-state index contributed by atoms with van der Waals surface area (Å²) < 4.78 is 10.9. The van der Waals surface area contributed by atoms with Gasteiger partial charge in [0.1, 0.15) is 11.5 Å². The van der Waals surface area contributed by atoms with Gasteiger partial charge in [0.2, 0.25) is 0 Å². The predicted octanol–water partition coefficient (Wildman–Crippen LogP) is 3.90. The quantitative estimate of drug-likeness (QED) is 0.926. The summed E-state index contributed by atoms with van der Waals surface area (Å²) in [6.45, 7) is 3.24. The molecule has 1 aliphatic rings. The number of anilines is 1. The lowest BCUT2D eigenvalue weighted by Crippen LogP contribution is -2.26. The molecule has 3 rings (SSSR count). The summed E-state index contributed by atoms with van der Waals surface area (Å²) in [7, 11) is 3.40. The monoisotopic (exact) mass is 283 g/mol. The average Bonchev–Trinajstić information content (AvgIpc) is 2.54. The second-order valence-electron chi connectivity index (χ2n) is 5.53. The van der Waals surface area contributed by atoms with Gasteiger partial charge in [-0.2, -0.15) is 0 Å². The minimum Gasteiger partial charge on any atom is -0.497 e. The zero-order chi connectivity index (χ0) is 14.8.